The molecule has 0 bridgehead atoms. The molecule has 0 aromatic heterocycles. The zero-order valence-electron chi connectivity index (χ0n) is 16.6. The molecular formula is C22H29N3O3. The van der Waals surface area contributed by atoms with Gasteiger partial charge in [-0.05, 0) is 48.6 Å². The van der Waals surface area contributed by atoms with Crippen LogP contribution >= 0.6 is 0 Å². The fourth-order valence-corrected chi connectivity index (χ4v) is 3.45. The van der Waals surface area contributed by atoms with Gasteiger partial charge in [0.1, 0.15) is 11.5 Å². The van der Waals surface area contributed by atoms with Crippen LogP contribution in [-0.4, -0.2) is 46.4 Å². The SMILES string of the molecule is COc1ccc(CCNC(=O)NCC2CCN(c3cccc(OC)c3)C2)cc1. The van der Waals surface area contributed by atoms with Crippen LogP contribution in [0.2, 0.25) is 0 Å². The van der Waals surface area contributed by atoms with E-state index in [4.69, 9.17) is 9.47 Å². The quantitative estimate of drug-likeness (QED) is 0.735. The van der Waals surface area contributed by atoms with Crippen LogP contribution < -0.4 is 25.0 Å². The number of urea groups is 1. The Labute approximate surface area is 166 Å². The summed E-state index contributed by atoms with van der Waals surface area (Å²) in [5, 5.41) is 5.93. The molecule has 6 heteroatoms. The second-order valence-corrected chi connectivity index (χ2v) is 7.04. The van der Waals surface area contributed by atoms with Crippen LogP contribution in [0.5, 0.6) is 11.5 Å². The third kappa shape index (κ3) is 5.55. The molecule has 0 radical (unpaired) electrons. The summed E-state index contributed by atoms with van der Waals surface area (Å²) in [5.41, 5.74) is 2.34. The van der Waals surface area contributed by atoms with Crippen molar-refractivity contribution in [3.05, 3.63) is 54.1 Å². The van der Waals surface area contributed by atoms with E-state index in [1.165, 1.54) is 11.3 Å². The predicted octanol–water partition coefficient (Wildman–Crippen LogP) is 3.07. The van der Waals surface area contributed by atoms with Crippen molar-refractivity contribution in [1.29, 1.82) is 0 Å². The molecule has 1 saturated heterocycles. The number of benzene rings is 2. The summed E-state index contributed by atoms with van der Waals surface area (Å²) in [6.45, 7) is 3.24. The highest BCUT2D eigenvalue weighted by Crippen LogP contribution is 2.26. The largest absolute Gasteiger partial charge is 0.497 e. The van der Waals surface area contributed by atoms with Gasteiger partial charge in [0, 0.05) is 37.9 Å². The van der Waals surface area contributed by atoms with E-state index in [1.54, 1.807) is 14.2 Å². The number of anilines is 1. The minimum absolute atomic E-state index is 0.103. The van der Waals surface area contributed by atoms with E-state index in [2.05, 4.69) is 27.7 Å². The molecule has 28 heavy (non-hydrogen) atoms. The molecule has 2 aromatic rings. The first-order valence-electron chi connectivity index (χ1n) is 9.71. The van der Waals surface area contributed by atoms with E-state index in [1.807, 2.05) is 36.4 Å². The fraction of sp³-hybridized carbons (Fsp3) is 0.409. The summed E-state index contributed by atoms with van der Waals surface area (Å²) in [5.74, 6) is 2.17. The monoisotopic (exact) mass is 383 g/mol. The third-order valence-electron chi connectivity index (χ3n) is 5.11. The minimum Gasteiger partial charge on any atom is -0.497 e. The van der Waals surface area contributed by atoms with Gasteiger partial charge in [0.15, 0.2) is 0 Å². The Balaban J connectivity index is 1.35. The van der Waals surface area contributed by atoms with Crippen molar-refractivity contribution in [2.24, 2.45) is 5.92 Å². The average molecular weight is 383 g/mol. The number of hydrogen-bond acceptors (Lipinski definition) is 4. The van der Waals surface area contributed by atoms with Crippen molar-refractivity contribution < 1.29 is 14.3 Å². The maximum atomic E-state index is 12.1. The van der Waals surface area contributed by atoms with Crippen molar-refractivity contribution in [1.82, 2.24) is 10.6 Å². The van der Waals surface area contributed by atoms with E-state index < -0.39 is 0 Å². The lowest BCUT2D eigenvalue weighted by atomic mass is 10.1. The Morgan fingerprint density at radius 3 is 2.61 bits per heavy atom. The summed E-state index contributed by atoms with van der Waals surface area (Å²) in [6.07, 6.45) is 1.87. The van der Waals surface area contributed by atoms with E-state index >= 15 is 0 Å². The molecule has 6 nitrogen and oxygen atoms in total. The smallest absolute Gasteiger partial charge is 0.314 e. The summed E-state index contributed by atoms with van der Waals surface area (Å²) in [4.78, 5) is 14.4. The molecule has 1 heterocycles. The van der Waals surface area contributed by atoms with Gasteiger partial charge in [0.05, 0.1) is 14.2 Å². The number of amides is 2. The summed E-state index contributed by atoms with van der Waals surface area (Å²) >= 11 is 0. The zero-order chi connectivity index (χ0) is 19.8. The van der Waals surface area contributed by atoms with E-state index in [9.17, 15) is 4.79 Å². The Kier molecular flexibility index (Phi) is 7.00. The number of carbonyl (C=O) groups excluding carboxylic acids is 1. The van der Waals surface area contributed by atoms with Gasteiger partial charge in [-0.3, -0.25) is 0 Å². The van der Waals surface area contributed by atoms with Gasteiger partial charge < -0.3 is 25.0 Å². The highest BCUT2D eigenvalue weighted by molar-refractivity contribution is 5.73. The molecule has 1 atom stereocenters. The zero-order valence-corrected chi connectivity index (χ0v) is 16.6. The molecule has 1 unspecified atom stereocenters. The Bertz CT molecular complexity index is 764. The first-order chi connectivity index (χ1) is 13.7. The number of ether oxygens (including phenoxy) is 2. The van der Waals surface area contributed by atoms with Gasteiger partial charge in [0.2, 0.25) is 0 Å². The normalized spacial score (nSPS) is 15.9. The van der Waals surface area contributed by atoms with Gasteiger partial charge in [-0.25, -0.2) is 4.79 Å². The van der Waals surface area contributed by atoms with Crippen molar-refractivity contribution >= 4 is 11.7 Å². The first kappa shape index (κ1) is 19.9. The highest BCUT2D eigenvalue weighted by Gasteiger charge is 2.23. The van der Waals surface area contributed by atoms with Crippen LogP contribution in [-0.2, 0) is 6.42 Å². The molecule has 0 saturated carbocycles. The number of nitrogens with zero attached hydrogens (tertiary/aromatic N) is 1. The van der Waals surface area contributed by atoms with Crippen molar-refractivity contribution in [2.45, 2.75) is 12.8 Å². The van der Waals surface area contributed by atoms with Crippen molar-refractivity contribution in [3.63, 3.8) is 0 Å². The lowest BCUT2D eigenvalue weighted by Crippen LogP contribution is -2.39. The topological polar surface area (TPSA) is 62.8 Å². The lowest BCUT2D eigenvalue weighted by Gasteiger charge is -2.19. The average Bonchev–Trinajstić information content (AvgIpc) is 3.22. The summed E-state index contributed by atoms with van der Waals surface area (Å²) in [6, 6.07) is 15.9. The maximum absolute atomic E-state index is 12.1. The molecule has 0 aliphatic carbocycles. The van der Waals surface area contributed by atoms with E-state index in [-0.39, 0.29) is 6.03 Å². The van der Waals surface area contributed by atoms with Crippen molar-refractivity contribution in [3.8, 4) is 11.5 Å². The van der Waals surface area contributed by atoms with Gasteiger partial charge in [-0.2, -0.15) is 0 Å². The van der Waals surface area contributed by atoms with Gasteiger partial charge in [-0.1, -0.05) is 18.2 Å². The molecule has 1 aliphatic rings. The number of nitrogens with one attached hydrogen (secondary N) is 2. The van der Waals surface area contributed by atoms with Gasteiger partial charge >= 0.3 is 6.03 Å². The molecule has 3 rings (SSSR count). The lowest BCUT2D eigenvalue weighted by molar-refractivity contribution is 0.239. The summed E-state index contributed by atoms with van der Waals surface area (Å²) < 4.78 is 10.5. The molecule has 2 N–H and O–H groups in total. The van der Waals surface area contributed by atoms with Crippen LogP contribution in [0.25, 0.3) is 0 Å². The van der Waals surface area contributed by atoms with Crippen molar-refractivity contribution in [2.75, 3.05) is 45.3 Å². The number of carbonyl (C=O) groups is 1. The molecule has 2 amide bonds. The van der Waals surface area contributed by atoms with Crippen LogP contribution in [0.4, 0.5) is 10.5 Å². The molecule has 0 spiro atoms. The Morgan fingerprint density at radius 2 is 1.86 bits per heavy atom. The molecule has 1 aliphatic heterocycles. The first-order valence-corrected chi connectivity index (χ1v) is 9.71. The summed E-state index contributed by atoms with van der Waals surface area (Å²) in [7, 11) is 3.34. The van der Waals surface area contributed by atoms with Crippen LogP contribution in [0.1, 0.15) is 12.0 Å². The third-order valence-corrected chi connectivity index (χ3v) is 5.11. The van der Waals surface area contributed by atoms with E-state index in [0.29, 0.717) is 19.0 Å². The molecule has 150 valence electrons. The Morgan fingerprint density at radius 1 is 1.07 bits per heavy atom. The number of rotatable bonds is 8. The predicted molar refractivity (Wildman–Crippen MR) is 111 cm³/mol. The maximum Gasteiger partial charge on any atom is 0.314 e. The minimum atomic E-state index is -0.103. The van der Waals surface area contributed by atoms with Gasteiger partial charge in [0.25, 0.3) is 0 Å². The molecular weight excluding hydrogens is 354 g/mol. The standard InChI is InChI=1S/C22H29N3O3/c1-27-20-8-6-17(7-9-20)10-12-23-22(26)24-15-18-11-13-25(16-18)19-4-3-5-21(14-19)28-2/h3-9,14,18H,10-13,15-16H2,1-2H3,(H2,23,24,26). The van der Waals surface area contributed by atoms with Crippen LogP contribution in [0.15, 0.2) is 48.5 Å². The second-order valence-electron chi connectivity index (χ2n) is 7.04. The second kappa shape index (κ2) is 9.88. The number of hydrogen-bond donors (Lipinski definition) is 2. The van der Waals surface area contributed by atoms with Crippen LogP contribution in [0.3, 0.4) is 0 Å². The van der Waals surface area contributed by atoms with Crippen LogP contribution in [0, 0.1) is 5.92 Å². The Hall–Kier alpha value is -2.89. The molecule has 2 aromatic carbocycles. The van der Waals surface area contributed by atoms with E-state index in [0.717, 1.165) is 37.4 Å². The number of methoxy groups -OCH3 is 2. The molecule has 1 fully saturated rings. The van der Waals surface area contributed by atoms with Gasteiger partial charge in [-0.15, -0.1) is 0 Å². The fourth-order valence-electron chi connectivity index (χ4n) is 3.45. The highest BCUT2D eigenvalue weighted by atomic mass is 16.5.